The molecule has 0 radical (unpaired) electrons. The highest BCUT2D eigenvalue weighted by molar-refractivity contribution is 5.84. The molecule has 0 amide bonds. The number of hydrogen-bond donors (Lipinski definition) is 0. The first-order valence-corrected chi connectivity index (χ1v) is 32.7. The van der Waals surface area contributed by atoms with Gasteiger partial charge in [-0.3, -0.25) is 19.2 Å². The highest BCUT2D eigenvalue weighted by Gasteiger charge is 2.41. The predicted molar refractivity (Wildman–Crippen MR) is 351 cm³/mol. The average Bonchev–Trinajstić information content (AvgIpc) is 2.90. The van der Waals surface area contributed by atoms with Crippen LogP contribution in [0.5, 0.6) is 0 Å². The lowest BCUT2D eigenvalue weighted by Crippen LogP contribution is -2.42. The van der Waals surface area contributed by atoms with Gasteiger partial charge in [-0.25, -0.2) is 0 Å². The molecule has 494 valence electrons. The molecular weight excluding hydrogens is 1110 g/mol. The molecule has 0 aliphatic rings. The molecule has 4 rings (SSSR count). The number of ether oxygens (including phenoxy) is 10. The van der Waals surface area contributed by atoms with Gasteiger partial charge in [-0.2, -0.15) is 0 Å². The zero-order valence-electron chi connectivity index (χ0n) is 57.5. The Bertz CT molecular complexity index is 2730. The number of hydrogen-bond acceptors (Lipinski definition) is 14. The first kappa shape index (κ1) is 75.5. The van der Waals surface area contributed by atoms with Gasteiger partial charge in [0.25, 0.3) is 0 Å². The van der Waals surface area contributed by atoms with Crippen LogP contribution in [0, 0.1) is 33.5 Å². The van der Waals surface area contributed by atoms with Crippen LogP contribution < -0.4 is 0 Å². The quantitative estimate of drug-likeness (QED) is 0.0236. The molecule has 0 aliphatic heterocycles. The Morgan fingerprint density at radius 2 is 0.932 bits per heavy atom. The Morgan fingerprint density at radius 3 is 1.40 bits per heavy atom. The number of unbranched alkanes of at least 4 members (excludes halogenated alkanes) is 3. The van der Waals surface area contributed by atoms with Crippen LogP contribution in [0.15, 0.2) is 84.9 Å². The molecule has 4 aromatic carbocycles. The molecule has 0 heterocycles. The lowest BCUT2D eigenvalue weighted by molar-refractivity contribution is -0.176. The van der Waals surface area contributed by atoms with Gasteiger partial charge in [-0.05, 0) is 170 Å². The van der Waals surface area contributed by atoms with E-state index >= 15 is 0 Å². The van der Waals surface area contributed by atoms with Gasteiger partial charge in [0.15, 0.2) is 0 Å². The van der Waals surface area contributed by atoms with Gasteiger partial charge < -0.3 is 47.4 Å². The molecule has 0 aliphatic carbocycles. The summed E-state index contributed by atoms with van der Waals surface area (Å²) in [4.78, 5) is 55.7. The predicted octanol–water partition coefficient (Wildman–Crippen LogP) is 16.7. The van der Waals surface area contributed by atoms with Crippen LogP contribution in [-0.4, -0.2) is 113 Å². The lowest BCUT2D eigenvalue weighted by atomic mass is 9.78. The summed E-state index contributed by atoms with van der Waals surface area (Å²) in [5, 5.41) is 4.35. The first-order chi connectivity index (χ1) is 41.3. The van der Waals surface area contributed by atoms with Gasteiger partial charge >= 0.3 is 23.9 Å². The van der Waals surface area contributed by atoms with E-state index in [0.717, 1.165) is 58.4 Å². The molecule has 0 saturated heterocycles. The number of esters is 4. The van der Waals surface area contributed by atoms with Crippen molar-refractivity contribution in [1.29, 1.82) is 0 Å². The number of carbonyl (C=O) groups is 4. The highest BCUT2D eigenvalue weighted by atomic mass is 16.6. The summed E-state index contributed by atoms with van der Waals surface area (Å²) in [7, 11) is 0. The second-order valence-corrected chi connectivity index (χ2v) is 28.6. The molecule has 4 aromatic rings. The summed E-state index contributed by atoms with van der Waals surface area (Å²) in [6.45, 7) is 39.4. The molecule has 0 N–H and O–H groups in total. The van der Waals surface area contributed by atoms with E-state index in [1.807, 2.05) is 162 Å². The summed E-state index contributed by atoms with van der Waals surface area (Å²) in [5.41, 5.74) is -1.32. The summed E-state index contributed by atoms with van der Waals surface area (Å²) in [5.74, 6) is -2.64. The second-order valence-electron chi connectivity index (χ2n) is 28.6. The Kier molecular flexibility index (Phi) is 30.5. The van der Waals surface area contributed by atoms with Crippen molar-refractivity contribution in [3.05, 3.63) is 96.1 Å². The van der Waals surface area contributed by atoms with Crippen molar-refractivity contribution >= 4 is 45.4 Å². The minimum atomic E-state index is -1.03. The Morgan fingerprint density at radius 1 is 0.466 bits per heavy atom. The number of benzene rings is 4. The zero-order chi connectivity index (χ0) is 65.5. The van der Waals surface area contributed by atoms with Crippen LogP contribution in [0.4, 0.5) is 0 Å². The van der Waals surface area contributed by atoms with Crippen LogP contribution in [0.2, 0.25) is 0 Å². The maximum absolute atomic E-state index is 14.2. The van der Waals surface area contributed by atoms with Crippen molar-refractivity contribution in [3.8, 4) is 0 Å². The summed E-state index contributed by atoms with van der Waals surface area (Å²) >= 11 is 0. The summed E-state index contributed by atoms with van der Waals surface area (Å²) < 4.78 is 62.6. The third kappa shape index (κ3) is 25.7. The minimum Gasteiger partial charge on any atom is -0.462 e. The van der Waals surface area contributed by atoms with Crippen LogP contribution in [0.3, 0.4) is 0 Å². The van der Waals surface area contributed by atoms with Gasteiger partial charge in [-0.1, -0.05) is 148 Å². The van der Waals surface area contributed by atoms with E-state index in [0.29, 0.717) is 39.1 Å². The maximum atomic E-state index is 14.2. The highest BCUT2D eigenvalue weighted by Crippen LogP contribution is 2.37. The Labute approximate surface area is 529 Å². The molecule has 9 unspecified atom stereocenters. The van der Waals surface area contributed by atoms with Gasteiger partial charge in [-0.15, -0.1) is 0 Å². The van der Waals surface area contributed by atoms with Gasteiger partial charge in [0, 0.05) is 13.2 Å². The molecule has 0 aromatic heterocycles. The van der Waals surface area contributed by atoms with Crippen molar-refractivity contribution in [2.45, 2.75) is 238 Å². The molecule has 14 nitrogen and oxygen atoms in total. The number of carbonyl (C=O) groups excluding carboxylic acids is 4. The molecule has 0 bridgehead atoms. The maximum Gasteiger partial charge on any atom is 0.311 e. The third-order valence-electron chi connectivity index (χ3n) is 16.6. The van der Waals surface area contributed by atoms with Crippen LogP contribution in [0.1, 0.15) is 213 Å². The molecule has 0 fully saturated rings. The van der Waals surface area contributed by atoms with Gasteiger partial charge in [0.05, 0.1) is 73.0 Å². The van der Waals surface area contributed by atoms with Crippen molar-refractivity contribution in [2.75, 3.05) is 52.9 Å². The number of rotatable bonds is 39. The largest absolute Gasteiger partial charge is 0.462 e. The molecule has 14 heteroatoms. The molecule has 0 spiro atoms. The Hall–Kier alpha value is -4.96. The van der Waals surface area contributed by atoms with E-state index < -0.39 is 76.1 Å². The molecule has 0 saturated carbocycles. The van der Waals surface area contributed by atoms with Gasteiger partial charge in [0.2, 0.25) is 0 Å². The van der Waals surface area contributed by atoms with Crippen LogP contribution in [-0.2, 0) is 66.5 Å². The van der Waals surface area contributed by atoms with Crippen molar-refractivity contribution in [1.82, 2.24) is 0 Å². The van der Waals surface area contributed by atoms with Crippen LogP contribution >= 0.6 is 0 Å². The molecule has 88 heavy (non-hydrogen) atoms. The zero-order valence-corrected chi connectivity index (χ0v) is 57.5. The van der Waals surface area contributed by atoms with Crippen molar-refractivity contribution < 1.29 is 66.5 Å². The minimum absolute atomic E-state index is 0.0167. The van der Waals surface area contributed by atoms with Crippen molar-refractivity contribution in [3.63, 3.8) is 0 Å². The fourth-order valence-electron chi connectivity index (χ4n) is 10.5. The fraction of sp³-hybridized carbons (Fsp3) is 0.676. The topological polar surface area (TPSA) is 161 Å². The lowest BCUT2D eigenvalue weighted by Gasteiger charge is -2.34. The Balaban J connectivity index is 1.41. The van der Waals surface area contributed by atoms with E-state index in [1.165, 1.54) is 0 Å². The normalized spacial score (nSPS) is 16.0. The average molecular weight is 1230 g/mol. The van der Waals surface area contributed by atoms with Crippen molar-refractivity contribution in [2.24, 2.45) is 33.5 Å². The van der Waals surface area contributed by atoms with E-state index in [9.17, 15) is 19.2 Å². The first-order valence-electron chi connectivity index (χ1n) is 32.7. The monoisotopic (exact) mass is 1230 g/mol. The fourth-order valence-corrected chi connectivity index (χ4v) is 10.5. The van der Waals surface area contributed by atoms with E-state index in [4.69, 9.17) is 47.4 Å². The smallest absolute Gasteiger partial charge is 0.311 e. The van der Waals surface area contributed by atoms with Crippen LogP contribution in [0.25, 0.3) is 21.5 Å². The van der Waals surface area contributed by atoms with E-state index in [2.05, 4.69) is 40.7 Å². The summed E-state index contributed by atoms with van der Waals surface area (Å²) in [6, 6.07) is 28.3. The van der Waals surface area contributed by atoms with Gasteiger partial charge in [0.1, 0.15) is 37.6 Å². The summed E-state index contributed by atoms with van der Waals surface area (Å²) in [6.07, 6.45) is 3.04. The van der Waals surface area contributed by atoms with E-state index in [1.54, 1.807) is 13.8 Å². The SMILES string of the molecule is CCC(CC(C)(C)C(=O)OCC(COC(COCCCCCCOCC(OC(C)C)C(C)(C)C)COC(COC(=O)C(C)(CC)CC(CC)C(=O)OC(C)c1ccc2ccccc2c1)C(C)(C)C)OC(C)(C)C)C(=O)OC(C)c1ccc2ccccc2c1. The third-order valence-corrected chi connectivity index (χ3v) is 16.6. The standard InChI is InChI=1S/C74H114O14/c1-20-54(66(75)86-52(6)58-37-35-56-31-25-27-33-60(56)41-58)43-73(17,18)68(77)83-48-63(88-72(14,15)16)47-81-62(45-79-39-29-23-24-30-40-80-49-65(71(11,12)13)85-51(4)5)46-82-64(70(8,9)10)50-84-69(78)74(19,22-3)44-55(21-2)67(76)87-53(7)59-38-36-57-32-26-28-34-61(57)42-59/h25-28,31-38,41-42,51-55,62-65H,20-24,29-30,39-40,43-50H2,1-19H3. The van der Waals surface area contributed by atoms with E-state index in [-0.39, 0.29) is 75.4 Å². The molecular formula is C74H114O14. The molecule has 9 atom stereocenters. The number of fused-ring (bicyclic) bond motifs is 2. The second kappa shape index (κ2) is 35.6.